The highest BCUT2D eigenvalue weighted by Crippen LogP contribution is 2.40. The van der Waals surface area contributed by atoms with Crippen LogP contribution < -0.4 is 0 Å². The summed E-state index contributed by atoms with van der Waals surface area (Å²) in [5.74, 6) is 3.41. The number of rotatable bonds is 3. The standard InChI is InChI=1S/C15H25BrN2Si/c1-11(2)19(12(3)4,13(5)6)9-8-15-14(16)10-17-18(15)7/h10-13H,1-7H3. The Morgan fingerprint density at radius 1 is 1.11 bits per heavy atom. The summed E-state index contributed by atoms with van der Waals surface area (Å²) >= 11 is 3.53. The maximum absolute atomic E-state index is 4.23. The molecular formula is C15H25BrN2Si. The normalized spacial score (nSPS) is 12.2. The van der Waals surface area contributed by atoms with Crippen LogP contribution in [0.4, 0.5) is 0 Å². The van der Waals surface area contributed by atoms with Gasteiger partial charge in [0, 0.05) is 7.05 Å². The molecule has 0 amide bonds. The topological polar surface area (TPSA) is 17.8 Å². The van der Waals surface area contributed by atoms with E-state index < -0.39 is 8.07 Å². The number of halogens is 1. The summed E-state index contributed by atoms with van der Waals surface area (Å²) in [6.45, 7) is 14.0. The van der Waals surface area contributed by atoms with Crippen molar-refractivity contribution in [3.63, 3.8) is 0 Å². The second kappa shape index (κ2) is 6.28. The fraction of sp³-hybridized carbons (Fsp3) is 0.667. The first-order valence-electron chi connectivity index (χ1n) is 6.94. The van der Waals surface area contributed by atoms with E-state index in [9.17, 15) is 0 Å². The van der Waals surface area contributed by atoms with Gasteiger partial charge in [0.25, 0.3) is 0 Å². The molecule has 0 saturated heterocycles. The van der Waals surface area contributed by atoms with Crippen molar-refractivity contribution in [3.8, 4) is 11.5 Å². The third-order valence-corrected chi connectivity index (χ3v) is 11.0. The average molecular weight is 341 g/mol. The van der Waals surface area contributed by atoms with Crippen LogP contribution >= 0.6 is 15.9 Å². The summed E-state index contributed by atoms with van der Waals surface area (Å²) in [5.41, 5.74) is 6.68. The van der Waals surface area contributed by atoms with E-state index in [0.717, 1.165) is 10.2 Å². The van der Waals surface area contributed by atoms with Gasteiger partial charge in [-0.05, 0) is 32.6 Å². The minimum atomic E-state index is -1.65. The Hall–Kier alpha value is -0.533. The maximum atomic E-state index is 4.23. The Bertz CT molecular complexity index is 451. The molecule has 1 rings (SSSR count). The first kappa shape index (κ1) is 16.5. The highest BCUT2D eigenvalue weighted by atomic mass is 79.9. The molecule has 4 heteroatoms. The quantitative estimate of drug-likeness (QED) is 0.573. The number of hydrogen-bond donors (Lipinski definition) is 0. The van der Waals surface area contributed by atoms with Gasteiger partial charge in [0.15, 0.2) is 0 Å². The number of aromatic nitrogens is 2. The van der Waals surface area contributed by atoms with E-state index in [0.29, 0.717) is 16.6 Å². The van der Waals surface area contributed by atoms with E-state index in [2.05, 4.69) is 74.0 Å². The van der Waals surface area contributed by atoms with E-state index in [1.54, 1.807) is 0 Å². The van der Waals surface area contributed by atoms with Gasteiger partial charge >= 0.3 is 0 Å². The third kappa shape index (κ3) is 3.14. The zero-order valence-electron chi connectivity index (χ0n) is 13.1. The molecule has 0 aromatic carbocycles. The minimum absolute atomic E-state index is 0.659. The van der Waals surface area contributed by atoms with E-state index in [1.807, 2.05) is 17.9 Å². The SMILES string of the molecule is CC(C)[Si](C#Cc1c(Br)cnn1C)(C(C)C)C(C)C. The van der Waals surface area contributed by atoms with Crippen molar-refractivity contribution in [3.05, 3.63) is 16.4 Å². The zero-order valence-corrected chi connectivity index (χ0v) is 15.7. The van der Waals surface area contributed by atoms with E-state index in [4.69, 9.17) is 0 Å². The summed E-state index contributed by atoms with van der Waals surface area (Å²) < 4.78 is 2.83. The lowest BCUT2D eigenvalue weighted by molar-refractivity contribution is 0.757. The van der Waals surface area contributed by atoms with Gasteiger partial charge in [0.05, 0.1) is 10.7 Å². The van der Waals surface area contributed by atoms with Gasteiger partial charge in [-0.2, -0.15) is 5.10 Å². The van der Waals surface area contributed by atoms with Crippen LogP contribution in [0, 0.1) is 11.5 Å². The monoisotopic (exact) mass is 340 g/mol. The van der Waals surface area contributed by atoms with Crippen LogP contribution in [0.2, 0.25) is 16.6 Å². The molecule has 0 unspecified atom stereocenters. The van der Waals surface area contributed by atoms with Gasteiger partial charge in [-0.1, -0.05) is 47.5 Å². The van der Waals surface area contributed by atoms with Gasteiger partial charge in [-0.25, -0.2) is 0 Å². The van der Waals surface area contributed by atoms with Crippen LogP contribution in [0.15, 0.2) is 10.7 Å². The molecule has 19 heavy (non-hydrogen) atoms. The van der Waals surface area contributed by atoms with E-state index in [1.165, 1.54) is 0 Å². The summed E-state index contributed by atoms with van der Waals surface area (Å²) in [6, 6.07) is 0. The second-order valence-corrected chi connectivity index (χ2v) is 12.5. The van der Waals surface area contributed by atoms with Crippen molar-refractivity contribution in [2.45, 2.75) is 58.2 Å². The zero-order chi connectivity index (χ0) is 14.8. The van der Waals surface area contributed by atoms with Gasteiger partial charge in [0.2, 0.25) is 0 Å². The second-order valence-electron chi connectivity index (χ2n) is 6.11. The van der Waals surface area contributed by atoms with Crippen molar-refractivity contribution < 1.29 is 0 Å². The van der Waals surface area contributed by atoms with Gasteiger partial charge < -0.3 is 0 Å². The molecule has 0 fully saturated rings. The molecule has 0 atom stereocenters. The Labute approximate surface area is 127 Å². The fourth-order valence-electron chi connectivity index (χ4n) is 3.15. The Morgan fingerprint density at radius 2 is 1.58 bits per heavy atom. The predicted octanol–water partition coefficient (Wildman–Crippen LogP) is 4.75. The van der Waals surface area contributed by atoms with Crippen molar-refractivity contribution in [2.24, 2.45) is 7.05 Å². The lowest BCUT2D eigenvalue weighted by Gasteiger charge is -2.38. The molecule has 0 N–H and O–H groups in total. The maximum Gasteiger partial charge on any atom is 0.146 e. The van der Waals surface area contributed by atoms with Crippen molar-refractivity contribution in [1.82, 2.24) is 9.78 Å². The summed E-state index contributed by atoms with van der Waals surface area (Å²) in [7, 11) is 0.290. The molecule has 0 aliphatic rings. The molecule has 1 aromatic rings. The van der Waals surface area contributed by atoms with Crippen molar-refractivity contribution >= 4 is 24.0 Å². The lowest BCUT2D eigenvalue weighted by atomic mass is 10.4. The fourth-order valence-corrected chi connectivity index (χ4v) is 8.80. The van der Waals surface area contributed by atoms with Gasteiger partial charge in [0.1, 0.15) is 13.8 Å². The lowest BCUT2D eigenvalue weighted by Crippen LogP contribution is -2.43. The first-order valence-corrected chi connectivity index (χ1v) is 9.96. The third-order valence-electron chi connectivity index (χ3n) is 4.16. The van der Waals surface area contributed by atoms with Crippen LogP contribution in [0.1, 0.15) is 47.2 Å². The molecule has 1 aromatic heterocycles. The van der Waals surface area contributed by atoms with E-state index >= 15 is 0 Å². The first-order chi connectivity index (χ1) is 8.73. The summed E-state index contributed by atoms with van der Waals surface area (Å²) in [5, 5.41) is 4.23. The minimum Gasteiger partial charge on any atom is -0.259 e. The number of aryl methyl sites for hydroxylation is 1. The molecule has 2 nitrogen and oxygen atoms in total. The Kier molecular flexibility index (Phi) is 5.46. The molecule has 0 aliphatic carbocycles. The summed E-state index contributed by atoms with van der Waals surface area (Å²) in [4.78, 5) is 0. The molecule has 0 spiro atoms. The molecule has 0 bridgehead atoms. The Morgan fingerprint density at radius 3 is 1.89 bits per heavy atom. The molecule has 0 aliphatic heterocycles. The molecule has 1 heterocycles. The number of nitrogens with zero attached hydrogens (tertiary/aromatic N) is 2. The van der Waals surface area contributed by atoms with Crippen LogP contribution in [-0.4, -0.2) is 17.9 Å². The Balaban J connectivity index is 3.31. The molecular weight excluding hydrogens is 316 g/mol. The molecule has 0 radical (unpaired) electrons. The van der Waals surface area contributed by atoms with Gasteiger partial charge in [-0.3, -0.25) is 4.68 Å². The molecule has 0 saturated carbocycles. The highest BCUT2D eigenvalue weighted by molar-refractivity contribution is 9.10. The summed E-state index contributed by atoms with van der Waals surface area (Å²) in [6.07, 6.45) is 1.81. The van der Waals surface area contributed by atoms with Crippen LogP contribution in [0.5, 0.6) is 0 Å². The largest absolute Gasteiger partial charge is 0.259 e. The highest BCUT2D eigenvalue weighted by Gasteiger charge is 2.41. The van der Waals surface area contributed by atoms with Crippen LogP contribution in [-0.2, 0) is 7.05 Å². The van der Waals surface area contributed by atoms with Gasteiger partial charge in [-0.15, -0.1) is 5.54 Å². The predicted molar refractivity (Wildman–Crippen MR) is 88.8 cm³/mol. The van der Waals surface area contributed by atoms with Crippen molar-refractivity contribution in [2.75, 3.05) is 0 Å². The van der Waals surface area contributed by atoms with Crippen LogP contribution in [0.3, 0.4) is 0 Å². The smallest absolute Gasteiger partial charge is 0.146 e. The number of hydrogen-bond acceptors (Lipinski definition) is 1. The molecule has 106 valence electrons. The van der Waals surface area contributed by atoms with E-state index in [-0.39, 0.29) is 0 Å². The average Bonchev–Trinajstić information content (AvgIpc) is 2.59. The van der Waals surface area contributed by atoms with Crippen molar-refractivity contribution in [1.29, 1.82) is 0 Å². The van der Waals surface area contributed by atoms with Crippen LogP contribution in [0.25, 0.3) is 0 Å².